The number of unbranched alkanes of at least 4 members (excludes halogenated alkanes) is 23. The molecule has 0 aliphatic carbocycles. The molecule has 0 fully saturated rings. The van der Waals surface area contributed by atoms with Crippen LogP contribution < -0.4 is 5.32 Å². The van der Waals surface area contributed by atoms with E-state index in [0.29, 0.717) is 17.4 Å². The molecule has 350 valence electrons. The number of hydrogen-bond acceptors (Lipinski definition) is 5. The summed E-state index contributed by atoms with van der Waals surface area (Å²) in [5.41, 5.74) is 0. The molecular weight excluding hydrogens is 768 g/mol. The number of aliphatic hydroxyl groups excluding tert-OH is 1. The first-order chi connectivity index (χ1) is 29.0. The monoisotopic (exact) mass is 864 g/mol. The van der Waals surface area contributed by atoms with Crippen molar-refractivity contribution in [1.82, 2.24) is 5.32 Å². The second-order valence-corrected chi connectivity index (χ2v) is 19.3. The van der Waals surface area contributed by atoms with Crippen molar-refractivity contribution in [3.63, 3.8) is 0 Å². The van der Waals surface area contributed by atoms with Crippen LogP contribution >= 0.6 is 7.82 Å². The van der Waals surface area contributed by atoms with Crippen LogP contribution in [0.4, 0.5) is 0 Å². The van der Waals surface area contributed by atoms with E-state index in [2.05, 4.69) is 67.8 Å². The number of allylic oxidation sites excluding steroid dienone is 9. The fourth-order valence-electron chi connectivity index (χ4n) is 6.75. The maximum absolute atomic E-state index is 12.9. The summed E-state index contributed by atoms with van der Waals surface area (Å²) >= 11 is 0. The van der Waals surface area contributed by atoms with Crippen LogP contribution in [0.1, 0.15) is 206 Å². The second-order valence-electron chi connectivity index (χ2n) is 17.8. The van der Waals surface area contributed by atoms with Gasteiger partial charge in [0.25, 0.3) is 0 Å². The first-order valence-electron chi connectivity index (χ1n) is 24.7. The maximum atomic E-state index is 12.9. The van der Waals surface area contributed by atoms with Crippen LogP contribution in [0.25, 0.3) is 0 Å². The lowest BCUT2D eigenvalue weighted by Gasteiger charge is -2.25. The van der Waals surface area contributed by atoms with Gasteiger partial charge in [-0.25, -0.2) is 4.57 Å². The first-order valence-corrected chi connectivity index (χ1v) is 26.2. The van der Waals surface area contributed by atoms with E-state index >= 15 is 0 Å². The van der Waals surface area contributed by atoms with Gasteiger partial charge >= 0.3 is 7.82 Å². The smallest absolute Gasteiger partial charge is 0.387 e. The van der Waals surface area contributed by atoms with Crippen molar-refractivity contribution in [3.05, 3.63) is 60.8 Å². The van der Waals surface area contributed by atoms with E-state index in [1.165, 1.54) is 128 Å². The normalized spacial score (nSPS) is 14.7. The lowest BCUT2D eigenvalue weighted by Crippen LogP contribution is -2.45. The molecule has 8 nitrogen and oxygen atoms in total. The molecule has 0 spiro atoms. The molecule has 60 heavy (non-hydrogen) atoms. The third-order valence-electron chi connectivity index (χ3n) is 10.7. The standard InChI is InChI=1S/C51H95N2O6P/c1-6-8-10-12-14-16-18-20-21-22-23-24-25-26-27-28-29-30-31-33-35-37-39-41-43-45-51(55)52-49(48-59-60(56,57)58-47-46-53(3,4)5)50(54)44-42-40-38-36-34-32-19-17-15-13-11-9-7-2/h15,17-18,20,22-23,34,36,42,44,49-50,54H,6-14,16,19,21,24-33,35,37-41,43,45-48H2,1-5H3,(H-,52,55,56,57)/p+1/b17-15+,20-18-,23-22-,36-34+,44-42+. The number of phosphoric ester groups is 1. The Labute approximate surface area is 371 Å². The van der Waals surface area contributed by atoms with Crippen molar-refractivity contribution >= 4 is 13.7 Å². The molecule has 0 aromatic carbocycles. The Kier molecular flexibility index (Phi) is 41.2. The van der Waals surface area contributed by atoms with Gasteiger partial charge in [-0.2, -0.15) is 0 Å². The minimum Gasteiger partial charge on any atom is -0.387 e. The Morgan fingerprint density at radius 3 is 1.47 bits per heavy atom. The average molecular weight is 864 g/mol. The van der Waals surface area contributed by atoms with Crippen molar-refractivity contribution in [1.29, 1.82) is 0 Å². The van der Waals surface area contributed by atoms with E-state index < -0.39 is 20.0 Å². The zero-order valence-corrected chi connectivity index (χ0v) is 40.6. The number of carbonyl (C=O) groups excluding carboxylic acids is 1. The highest BCUT2D eigenvalue weighted by atomic mass is 31.2. The molecule has 0 saturated heterocycles. The fraction of sp³-hybridized carbons (Fsp3) is 0.784. The molecular formula is C51H96N2O6P+. The van der Waals surface area contributed by atoms with Crippen molar-refractivity contribution < 1.29 is 32.9 Å². The topological polar surface area (TPSA) is 105 Å². The van der Waals surface area contributed by atoms with Gasteiger partial charge in [0.15, 0.2) is 0 Å². The van der Waals surface area contributed by atoms with Crippen LogP contribution in [-0.4, -0.2) is 73.4 Å². The first kappa shape index (κ1) is 58.2. The summed E-state index contributed by atoms with van der Waals surface area (Å²) in [4.78, 5) is 23.2. The van der Waals surface area contributed by atoms with Gasteiger partial charge in [-0.15, -0.1) is 0 Å². The largest absolute Gasteiger partial charge is 0.472 e. The van der Waals surface area contributed by atoms with E-state index in [4.69, 9.17) is 9.05 Å². The molecule has 1 amide bonds. The molecule has 3 N–H and O–H groups in total. The predicted octanol–water partition coefficient (Wildman–Crippen LogP) is 14.2. The molecule has 0 saturated carbocycles. The number of hydrogen-bond donors (Lipinski definition) is 3. The summed E-state index contributed by atoms with van der Waals surface area (Å²) in [5.74, 6) is -0.194. The number of rotatable bonds is 44. The fourth-order valence-corrected chi connectivity index (χ4v) is 7.49. The Morgan fingerprint density at radius 2 is 0.967 bits per heavy atom. The SMILES string of the molecule is CCCCC/C=C/CC/C=C/CC/C=C/C(O)C(COP(=O)(O)OCC[N+](C)(C)C)NC(=O)CCCCCCCCCCCCCCC/C=C\C/C=C\CCCCCCC. The number of quaternary nitrogens is 1. The van der Waals surface area contributed by atoms with Gasteiger partial charge in [0.1, 0.15) is 13.2 Å². The van der Waals surface area contributed by atoms with Gasteiger partial charge < -0.3 is 19.8 Å². The van der Waals surface area contributed by atoms with Crippen molar-refractivity contribution in [3.8, 4) is 0 Å². The second kappa shape index (κ2) is 42.5. The molecule has 0 aromatic rings. The molecule has 3 atom stereocenters. The van der Waals surface area contributed by atoms with Gasteiger partial charge in [0.2, 0.25) is 5.91 Å². The Morgan fingerprint density at radius 1 is 0.567 bits per heavy atom. The number of amides is 1. The van der Waals surface area contributed by atoms with Crippen molar-refractivity contribution in [2.45, 2.75) is 219 Å². The predicted molar refractivity (Wildman–Crippen MR) is 258 cm³/mol. The number of phosphoric acid groups is 1. The van der Waals surface area contributed by atoms with Crippen LogP contribution in [-0.2, 0) is 18.4 Å². The van der Waals surface area contributed by atoms with E-state index in [1.54, 1.807) is 6.08 Å². The van der Waals surface area contributed by atoms with E-state index in [-0.39, 0.29) is 19.1 Å². The molecule has 0 aliphatic rings. The summed E-state index contributed by atoms with van der Waals surface area (Å²) in [6, 6.07) is -0.870. The molecule has 3 unspecified atom stereocenters. The van der Waals surface area contributed by atoms with Gasteiger partial charge in [0.05, 0.1) is 39.9 Å². The zero-order valence-electron chi connectivity index (χ0n) is 39.7. The molecule has 0 bridgehead atoms. The van der Waals surface area contributed by atoms with Crippen LogP contribution in [0, 0.1) is 0 Å². The van der Waals surface area contributed by atoms with Crippen LogP contribution in [0.2, 0.25) is 0 Å². The van der Waals surface area contributed by atoms with Gasteiger partial charge in [-0.05, 0) is 77.0 Å². The van der Waals surface area contributed by atoms with Gasteiger partial charge in [-0.1, -0.05) is 184 Å². The quantitative estimate of drug-likeness (QED) is 0.0244. The number of likely N-dealkylation sites (N-methyl/N-ethyl adjacent to an activating group) is 1. The summed E-state index contributed by atoms with van der Waals surface area (Å²) in [5, 5.41) is 13.8. The molecule has 0 rings (SSSR count). The summed E-state index contributed by atoms with van der Waals surface area (Å²) < 4.78 is 23.6. The molecule has 0 radical (unpaired) electrons. The lowest BCUT2D eigenvalue weighted by atomic mass is 10.0. The number of aliphatic hydroxyl groups is 1. The Hall–Kier alpha value is -1.80. The maximum Gasteiger partial charge on any atom is 0.472 e. The van der Waals surface area contributed by atoms with E-state index in [9.17, 15) is 19.4 Å². The molecule has 9 heteroatoms. The number of nitrogens with zero attached hydrogens (tertiary/aromatic N) is 1. The molecule has 0 heterocycles. The van der Waals surface area contributed by atoms with Gasteiger partial charge in [-0.3, -0.25) is 13.8 Å². The Balaban J connectivity index is 4.27. The van der Waals surface area contributed by atoms with Crippen LogP contribution in [0.3, 0.4) is 0 Å². The third kappa shape index (κ3) is 44.3. The summed E-state index contributed by atoms with van der Waals surface area (Å²) in [7, 11) is 1.54. The van der Waals surface area contributed by atoms with Crippen molar-refractivity contribution in [2.75, 3.05) is 40.9 Å². The minimum atomic E-state index is -4.35. The summed E-state index contributed by atoms with van der Waals surface area (Å²) in [6.07, 6.45) is 55.9. The minimum absolute atomic E-state index is 0.0517. The number of carbonyl (C=O) groups is 1. The van der Waals surface area contributed by atoms with Crippen LogP contribution in [0.5, 0.6) is 0 Å². The zero-order chi connectivity index (χ0) is 44.3. The van der Waals surface area contributed by atoms with Crippen molar-refractivity contribution in [2.24, 2.45) is 0 Å². The molecule has 0 aliphatic heterocycles. The highest BCUT2D eigenvalue weighted by molar-refractivity contribution is 7.47. The van der Waals surface area contributed by atoms with E-state index in [1.807, 2.05) is 27.2 Å². The highest BCUT2D eigenvalue weighted by Gasteiger charge is 2.27. The summed E-state index contributed by atoms with van der Waals surface area (Å²) in [6.45, 7) is 4.73. The van der Waals surface area contributed by atoms with E-state index in [0.717, 1.165) is 57.8 Å². The van der Waals surface area contributed by atoms with Gasteiger partial charge in [0, 0.05) is 6.42 Å². The lowest BCUT2D eigenvalue weighted by molar-refractivity contribution is -0.870. The molecule has 0 aromatic heterocycles. The number of nitrogens with one attached hydrogen (secondary N) is 1. The highest BCUT2D eigenvalue weighted by Crippen LogP contribution is 2.43. The third-order valence-corrected chi connectivity index (χ3v) is 11.7. The Bertz CT molecular complexity index is 1160. The average Bonchev–Trinajstić information content (AvgIpc) is 3.20. The van der Waals surface area contributed by atoms with Crippen LogP contribution in [0.15, 0.2) is 60.8 Å².